The van der Waals surface area contributed by atoms with Crippen molar-refractivity contribution in [1.82, 2.24) is 10.2 Å². The Kier molecular flexibility index (Phi) is 9.99. The summed E-state index contributed by atoms with van der Waals surface area (Å²) in [6.45, 7) is 13.1. The summed E-state index contributed by atoms with van der Waals surface area (Å²) in [6.07, 6.45) is 2.40. The third-order valence-electron chi connectivity index (χ3n) is 3.14. The largest absolute Gasteiger partial charge is 0.383 e. The van der Waals surface area contributed by atoms with Gasteiger partial charge in [0.15, 0.2) is 0 Å². The van der Waals surface area contributed by atoms with E-state index < -0.39 is 0 Å². The van der Waals surface area contributed by atoms with Gasteiger partial charge >= 0.3 is 0 Å². The molecule has 0 aromatic heterocycles. The van der Waals surface area contributed by atoms with Crippen LogP contribution in [0.1, 0.15) is 40.5 Å². The van der Waals surface area contributed by atoms with Gasteiger partial charge in [0.1, 0.15) is 0 Å². The summed E-state index contributed by atoms with van der Waals surface area (Å²) in [5, 5.41) is 3.49. The summed E-state index contributed by atoms with van der Waals surface area (Å²) in [5.41, 5.74) is 0. The predicted molar refractivity (Wildman–Crippen MR) is 71.0 cm³/mol. The van der Waals surface area contributed by atoms with Crippen molar-refractivity contribution in [3.8, 4) is 0 Å². The number of methoxy groups -OCH3 is 1. The normalized spacial score (nSPS) is 15.4. The molecule has 0 saturated carbocycles. The van der Waals surface area contributed by atoms with Gasteiger partial charge < -0.3 is 10.1 Å². The lowest BCUT2D eigenvalue weighted by molar-refractivity contribution is 0.0936. The van der Waals surface area contributed by atoms with E-state index in [0.29, 0.717) is 12.1 Å². The second-order valence-electron chi connectivity index (χ2n) is 4.54. The highest BCUT2D eigenvalue weighted by atomic mass is 16.5. The summed E-state index contributed by atoms with van der Waals surface area (Å²) in [5.74, 6) is 0. The smallest absolute Gasteiger partial charge is 0.0589 e. The van der Waals surface area contributed by atoms with Crippen LogP contribution in [0.15, 0.2) is 0 Å². The Morgan fingerprint density at radius 2 is 1.88 bits per heavy atom. The highest BCUT2D eigenvalue weighted by Crippen LogP contribution is 2.08. The molecule has 98 valence electrons. The van der Waals surface area contributed by atoms with Crippen LogP contribution in [0.5, 0.6) is 0 Å². The predicted octanol–water partition coefficient (Wildman–Crippen LogP) is 2.12. The second-order valence-corrected chi connectivity index (χ2v) is 4.54. The third-order valence-corrected chi connectivity index (χ3v) is 3.14. The molecule has 0 fully saturated rings. The van der Waals surface area contributed by atoms with E-state index in [0.717, 1.165) is 26.2 Å². The quantitative estimate of drug-likeness (QED) is 0.582. The molecule has 0 amide bonds. The molecule has 0 rings (SSSR count). The summed E-state index contributed by atoms with van der Waals surface area (Å²) < 4.78 is 5.18. The van der Waals surface area contributed by atoms with Crippen LogP contribution in [0.2, 0.25) is 0 Å². The van der Waals surface area contributed by atoms with E-state index in [-0.39, 0.29) is 0 Å². The van der Waals surface area contributed by atoms with Crippen LogP contribution in [0.3, 0.4) is 0 Å². The molecule has 2 atom stereocenters. The van der Waals surface area contributed by atoms with Gasteiger partial charge in [-0.25, -0.2) is 0 Å². The minimum Gasteiger partial charge on any atom is -0.383 e. The molecule has 0 aliphatic carbocycles. The summed E-state index contributed by atoms with van der Waals surface area (Å²) >= 11 is 0. The average Bonchev–Trinajstić information content (AvgIpc) is 2.29. The first kappa shape index (κ1) is 15.9. The lowest BCUT2D eigenvalue weighted by Crippen LogP contribution is -2.46. The van der Waals surface area contributed by atoms with Crippen molar-refractivity contribution < 1.29 is 4.74 Å². The van der Waals surface area contributed by atoms with Gasteiger partial charge in [0.05, 0.1) is 6.61 Å². The maximum absolute atomic E-state index is 5.18. The number of hydrogen-bond donors (Lipinski definition) is 1. The summed E-state index contributed by atoms with van der Waals surface area (Å²) in [4.78, 5) is 2.53. The van der Waals surface area contributed by atoms with E-state index in [1.54, 1.807) is 7.11 Å². The minimum absolute atomic E-state index is 0.580. The first-order valence-electron chi connectivity index (χ1n) is 6.62. The number of rotatable bonds is 10. The van der Waals surface area contributed by atoms with Crippen LogP contribution in [-0.2, 0) is 4.74 Å². The highest BCUT2D eigenvalue weighted by molar-refractivity contribution is 4.74. The van der Waals surface area contributed by atoms with E-state index in [1.165, 1.54) is 12.8 Å². The van der Waals surface area contributed by atoms with Gasteiger partial charge in [-0.05, 0) is 33.2 Å². The number of nitrogens with one attached hydrogen (secondary N) is 1. The molecule has 3 nitrogen and oxygen atoms in total. The van der Waals surface area contributed by atoms with Crippen molar-refractivity contribution in [2.24, 2.45) is 0 Å². The molecule has 1 N–H and O–H groups in total. The van der Waals surface area contributed by atoms with Gasteiger partial charge in [0.25, 0.3) is 0 Å². The molecule has 3 heteroatoms. The maximum Gasteiger partial charge on any atom is 0.0589 e. The van der Waals surface area contributed by atoms with Gasteiger partial charge in [-0.3, -0.25) is 4.90 Å². The fraction of sp³-hybridized carbons (Fsp3) is 1.00. The Bertz CT molecular complexity index is 153. The van der Waals surface area contributed by atoms with Gasteiger partial charge in [0, 0.05) is 32.3 Å². The topological polar surface area (TPSA) is 24.5 Å². The molecule has 0 heterocycles. The SMILES string of the molecule is CCCNCC(C)N(CCOC)C(C)CC. The highest BCUT2D eigenvalue weighted by Gasteiger charge is 2.17. The zero-order valence-electron chi connectivity index (χ0n) is 11.8. The summed E-state index contributed by atoms with van der Waals surface area (Å²) in [6, 6.07) is 1.21. The zero-order valence-corrected chi connectivity index (χ0v) is 11.8. The Hall–Kier alpha value is -0.120. The van der Waals surface area contributed by atoms with Crippen LogP contribution in [-0.4, -0.2) is 50.3 Å². The van der Waals surface area contributed by atoms with Crippen LogP contribution in [0.4, 0.5) is 0 Å². The number of hydrogen-bond acceptors (Lipinski definition) is 3. The Morgan fingerprint density at radius 3 is 2.38 bits per heavy atom. The zero-order chi connectivity index (χ0) is 12.4. The molecule has 0 spiro atoms. The molecule has 0 aromatic carbocycles. The van der Waals surface area contributed by atoms with Crippen LogP contribution in [0, 0.1) is 0 Å². The van der Waals surface area contributed by atoms with Crippen molar-refractivity contribution in [3.05, 3.63) is 0 Å². The van der Waals surface area contributed by atoms with Crippen LogP contribution < -0.4 is 5.32 Å². The van der Waals surface area contributed by atoms with Gasteiger partial charge in [0.2, 0.25) is 0 Å². The molecule has 16 heavy (non-hydrogen) atoms. The Balaban J connectivity index is 4.03. The van der Waals surface area contributed by atoms with E-state index in [9.17, 15) is 0 Å². The van der Waals surface area contributed by atoms with Crippen molar-refractivity contribution >= 4 is 0 Å². The van der Waals surface area contributed by atoms with Crippen molar-refractivity contribution in [1.29, 1.82) is 0 Å². The van der Waals surface area contributed by atoms with Crippen molar-refractivity contribution in [2.75, 3.05) is 33.4 Å². The summed E-state index contributed by atoms with van der Waals surface area (Å²) in [7, 11) is 1.77. The lowest BCUT2D eigenvalue weighted by Gasteiger charge is -2.34. The van der Waals surface area contributed by atoms with Gasteiger partial charge in [-0.1, -0.05) is 13.8 Å². The molecule has 0 aliphatic rings. The Morgan fingerprint density at radius 1 is 1.19 bits per heavy atom. The third kappa shape index (κ3) is 6.46. The maximum atomic E-state index is 5.18. The molecule has 0 aliphatic heterocycles. The lowest BCUT2D eigenvalue weighted by atomic mass is 10.1. The first-order valence-corrected chi connectivity index (χ1v) is 6.62. The molecular formula is C13H30N2O. The van der Waals surface area contributed by atoms with E-state index >= 15 is 0 Å². The average molecular weight is 230 g/mol. The molecule has 0 radical (unpaired) electrons. The molecule has 2 unspecified atom stereocenters. The molecular weight excluding hydrogens is 200 g/mol. The minimum atomic E-state index is 0.580. The standard InChI is InChI=1S/C13H30N2O/c1-6-8-14-11-13(4)15(9-10-16-5)12(3)7-2/h12-14H,6-11H2,1-5H3. The second kappa shape index (κ2) is 10.1. The molecule has 0 aromatic rings. The Labute approximate surface area is 102 Å². The van der Waals surface area contributed by atoms with Crippen LogP contribution >= 0.6 is 0 Å². The number of ether oxygens (including phenoxy) is 1. The molecule has 0 bridgehead atoms. The van der Waals surface area contributed by atoms with Crippen molar-refractivity contribution in [2.45, 2.75) is 52.6 Å². The number of nitrogens with zero attached hydrogens (tertiary/aromatic N) is 1. The monoisotopic (exact) mass is 230 g/mol. The van der Waals surface area contributed by atoms with E-state index in [2.05, 4.69) is 37.9 Å². The molecule has 0 saturated heterocycles. The van der Waals surface area contributed by atoms with Crippen LogP contribution in [0.25, 0.3) is 0 Å². The van der Waals surface area contributed by atoms with E-state index in [1.807, 2.05) is 0 Å². The van der Waals surface area contributed by atoms with Gasteiger partial charge in [-0.2, -0.15) is 0 Å². The fourth-order valence-electron chi connectivity index (χ4n) is 1.91. The first-order chi connectivity index (χ1) is 7.67. The van der Waals surface area contributed by atoms with Gasteiger partial charge in [-0.15, -0.1) is 0 Å². The fourth-order valence-corrected chi connectivity index (χ4v) is 1.91. The van der Waals surface area contributed by atoms with Crippen molar-refractivity contribution in [3.63, 3.8) is 0 Å². The van der Waals surface area contributed by atoms with E-state index in [4.69, 9.17) is 4.74 Å².